The van der Waals surface area contributed by atoms with Crippen molar-refractivity contribution in [3.8, 4) is 0 Å². The Morgan fingerprint density at radius 2 is 1.91 bits per heavy atom. The van der Waals surface area contributed by atoms with E-state index in [4.69, 9.17) is 10.7 Å². The maximum atomic E-state index is 12.6. The van der Waals surface area contributed by atoms with Crippen molar-refractivity contribution in [2.24, 2.45) is 0 Å². The summed E-state index contributed by atoms with van der Waals surface area (Å²) in [5.41, 5.74) is -0.918. The van der Waals surface area contributed by atoms with Crippen LogP contribution in [0.5, 0.6) is 0 Å². The minimum Gasteiger partial charge on any atom is -0.322 e. The maximum absolute atomic E-state index is 12.6. The first-order valence-electron chi connectivity index (χ1n) is 6.02. The van der Waals surface area contributed by atoms with E-state index in [0.29, 0.717) is 4.88 Å². The summed E-state index contributed by atoms with van der Waals surface area (Å²) in [6, 6.07) is 5.22. The Kier molecular flexibility index (Phi) is 4.74. The third kappa shape index (κ3) is 4.24. The van der Waals surface area contributed by atoms with Gasteiger partial charge in [0.1, 0.15) is 4.21 Å². The first kappa shape index (κ1) is 17.8. The Morgan fingerprint density at radius 1 is 1.26 bits per heavy atom. The number of anilines is 1. The fourth-order valence-electron chi connectivity index (χ4n) is 1.77. The highest BCUT2D eigenvalue weighted by molar-refractivity contribution is 8.15. The Morgan fingerprint density at radius 3 is 2.43 bits per heavy atom. The molecule has 0 radical (unpaired) electrons. The molecule has 1 N–H and O–H groups in total. The number of rotatable bonds is 3. The number of thiophene rings is 1. The van der Waals surface area contributed by atoms with Crippen molar-refractivity contribution < 1.29 is 26.4 Å². The zero-order valence-electron chi connectivity index (χ0n) is 11.4. The molecule has 0 unspecified atom stereocenters. The highest BCUT2D eigenvalue weighted by Gasteiger charge is 2.30. The van der Waals surface area contributed by atoms with Gasteiger partial charge in [-0.15, -0.1) is 11.3 Å². The molecule has 0 saturated carbocycles. The first-order chi connectivity index (χ1) is 10.5. The van der Waals surface area contributed by atoms with Crippen LogP contribution in [-0.2, 0) is 15.2 Å². The normalized spacial score (nSPS) is 12.2. The third-order valence-electron chi connectivity index (χ3n) is 2.83. The predicted molar refractivity (Wildman–Crippen MR) is 81.5 cm³/mol. The van der Waals surface area contributed by atoms with E-state index >= 15 is 0 Å². The lowest BCUT2D eigenvalue weighted by Gasteiger charge is -2.09. The molecule has 0 aliphatic rings. The van der Waals surface area contributed by atoms with Gasteiger partial charge in [-0.3, -0.25) is 4.79 Å². The number of alkyl halides is 3. The first-order valence-corrected chi connectivity index (χ1v) is 9.15. The molecule has 0 saturated heterocycles. The molecular formula is C13H9ClF3NO3S2. The molecule has 1 amide bonds. The molecule has 124 valence electrons. The average Bonchev–Trinajstić information content (AvgIpc) is 2.80. The van der Waals surface area contributed by atoms with Gasteiger partial charge in [0.05, 0.1) is 11.1 Å². The molecule has 0 aliphatic heterocycles. The van der Waals surface area contributed by atoms with E-state index in [1.165, 1.54) is 13.0 Å². The van der Waals surface area contributed by atoms with Gasteiger partial charge in [-0.25, -0.2) is 8.42 Å². The van der Waals surface area contributed by atoms with E-state index in [2.05, 4.69) is 5.32 Å². The van der Waals surface area contributed by atoms with Crippen LogP contribution in [0.2, 0.25) is 0 Å². The van der Waals surface area contributed by atoms with Crippen molar-refractivity contribution in [1.82, 2.24) is 0 Å². The molecule has 0 spiro atoms. The Bertz CT molecular complexity index is 860. The molecule has 2 rings (SSSR count). The highest BCUT2D eigenvalue weighted by Crippen LogP contribution is 2.32. The summed E-state index contributed by atoms with van der Waals surface area (Å²) in [6.45, 7) is 1.51. The second-order valence-electron chi connectivity index (χ2n) is 4.51. The minimum atomic E-state index is -4.53. The van der Waals surface area contributed by atoms with Gasteiger partial charge in [-0.2, -0.15) is 13.2 Å². The highest BCUT2D eigenvalue weighted by atomic mass is 35.7. The second kappa shape index (κ2) is 6.14. The van der Waals surface area contributed by atoms with Crippen LogP contribution >= 0.6 is 22.0 Å². The molecule has 4 nitrogen and oxygen atoms in total. The summed E-state index contributed by atoms with van der Waals surface area (Å²) in [6.07, 6.45) is -4.53. The molecule has 0 aliphatic carbocycles. The Hall–Kier alpha value is -1.58. The Balaban J connectivity index is 2.28. The van der Waals surface area contributed by atoms with Gasteiger partial charge in [0.2, 0.25) is 0 Å². The molecule has 1 heterocycles. The van der Waals surface area contributed by atoms with E-state index in [-0.39, 0.29) is 15.5 Å². The number of carbonyl (C=O) groups is 1. The van der Waals surface area contributed by atoms with E-state index in [9.17, 15) is 26.4 Å². The van der Waals surface area contributed by atoms with Gasteiger partial charge in [-0.1, -0.05) is 6.07 Å². The molecule has 0 fully saturated rings. The van der Waals surface area contributed by atoms with Crippen LogP contribution in [0.4, 0.5) is 18.9 Å². The number of hydrogen-bond donors (Lipinski definition) is 1. The number of amides is 1. The van der Waals surface area contributed by atoms with E-state index < -0.39 is 26.7 Å². The summed E-state index contributed by atoms with van der Waals surface area (Å²) in [5.74, 6) is -0.718. The van der Waals surface area contributed by atoms with Crippen molar-refractivity contribution in [2.45, 2.75) is 17.3 Å². The summed E-state index contributed by atoms with van der Waals surface area (Å²) in [5, 5.41) is 2.31. The van der Waals surface area contributed by atoms with Gasteiger partial charge < -0.3 is 5.32 Å². The number of benzene rings is 1. The zero-order chi connectivity index (χ0) is 17.4. The van der Waals surface area contributed by atoms with Crippen molar-refractivity contribution in [2.75, 3.05) is 5.32 Å². The van der Waals surface area contributed by atoms with E-state index in [1.807, 2.05) is 0 Å². The topological polar surface area (TPSA) is 63.2 Å². The van der Waals surface area contributed by atoms with Crippen LogP contribution in [0, 0.1) is 6.92 Å². The van der Waals surface area contributed by atoms with Gasteiger partial charge in [0.25, 0.3) is 15.0 Å². The molecule has 23 heavy (non-hydrogen) atoms. The number of carbonyl (C=O) groups excluding carboxylic acids is 1. The van der Waals surface area contributed by atoms with Crippen LogP contribution < -0.4 is 5.32 Å². The van der Waals surface area contributed by atoms with Crippen LogP contribution in [0.25, 0.3) is 0 Å². The van der Waals surface area contributed by atoms with E-state index in [0.717, 1.165) is 35.6 Å². The standard InChI is InChI=1S/C13H9ClF3NO3S2/c1-7-10(6-11(22-7)23(14,20)21)12(19)18-9-4-2-3-8(5-9)13(15,16)17/h2-6H,1H3,(H,18,19). The summed E-state index contributed by atoms with van der Waals surface area (Å²) in [7, 11) is 1.23. The zero-order valence-corrected chi connectivity index (χ0v) is 13.8. The number of aryl methyl sites for hydroxylation is 1. The molecular weight excluding hydrogens is 375 g/mol. The summed E-state index contributed by atoms with van der Waals surface area (Å²) in [4.78, 5) is 12.5. The SMILES string of the molecule is Cc1sc(S(=O)(=O)Cl)cc1C(=O)Nc1cccc(C(F)(F)F)c1. The molecule has 0 bridgehead atoms. The lowest BCUT2D eigenvalue weighted by atomic mass is 10.2. The number of halogens is 4. The van der Waals surface area contributed by atoms with E-state index in [1.54, 1.807) is 0 Å². The van der Waals surface area contributed by atoms with Gasteiger partial charge in [-0.05, 0) is 31.2 Å². The quantitative estimate of drug-likeness (QED) is 0.806. The minimum absolute atomic E-state index is 0.0339. The maximum Gasteiger partial charge on any atom is 0.416 e. The summed E-state index contributed by atoms with van der Waals surface area (Å²) >= 11 is 0.807. The largest absolute Gasteiger partial charge is 0.416 e. The summed E-state index contributed by atoms with van der Waals surface area (Å²) < 4.78 is 60.2. The monoisotopic (exact) mass is 383 g/mol. The van der Waals surface area contributed by atoms with Crippen molar-refractivity contribution in [3.63, 3.8) is 0 Å². The van der Waals surface area contributed by atoms with Crippen molar-refractivity contribution in [3.05, 3.63) is 46.3 Å². The molecule has 2 aromatic rings. The van der Waals surface area contributed by atoms with Crippen LogP contribution in [-0.4, -0.2) is 14.3 Å². The lowest BCUT2D eigenvalue weighted by Crippen LogP contribution is -2.13. The van der Waals surface area contributed by atoms with Gasteiger partial charge in [0, 0.05) is 21.2 Å². The van der Waals surface area contributed by atoms with Crippen LogP contribution in [0.3, 0.4) is 0 Å². The lowest BCUT2D eigenvalue weighted by molar-refractivity contribution is -0.137. The van der Waals surface area contributed by atoms with Crippen molar-refractivity contribution >= 4 is 42.7 Å². The third-order valence-corrected chi connectivity index (χ3v) is 5.95. The fourth-order valence-corrected chi connectivity index (χ4v) is 3.96. The number of hydrogen-bond acceptors (Lipinski definition) is 4. The molecule has 10 heteroatoms. The van der Waals surface area contributed by atoms with Gasteiger partial charge >= 0.3 is 6.18 Å². The number of nitrogens with one attached hydrogen (secondary N) is 1. The predicted octanol–water partition coefficient (Wildman–Crippen LogP) is 4.26. The smallest absolute Gasteiger partial charge is 0.322 e. The van der Waals surface area contributed by atoms with Gasteiger partial charge in [0.15, 0.2) is 0 Å². The van der Waals surface area contributed by atoms with Crippen molar-refractivity contribution in [1.29, 1.82) is 0 Å². The van der Waals surface area contributed by atoms with Crippen LogP contribution in [0.1, 0.15) is 20.8 Å². The average molecular weight is 384 g/mol. The second-order valence-corrected chi connectivity index (χ2v) is 8.55. The Labute approximate surface area is 138 Å². The molecule has 0 atom stereocenters. The molecule has 1 aromatic heterocycles. The van der Waals surface area contributed by atoms with Crippen LogP contribution in [0.15, 0.2) is 34.5 Å². The fraction of sp³-hybridized carbons (Fsp3) is 0.154. The molecule has 1 aromatic carbocycles.